The van der Waals surface area contributed by atoms with Crippen LogP contribution < -0.4 is 0 Å². The second-order valence-electron chi connectivity index (χ2n) is 3.73. The van der Waals surface area contributed by atoms with Crippen LogP contribution in [-0.4, -0.2) is 36.1 Å². The van der Waals surface area contributed by atoms with Crippen LogP contribution in [0.4, 0.5) is 0 Å². The van der Waals surface area contributed by atoms with Crippen LogP contribution in [0.5, 0.6) is 0 Å². The van der Waals surface area contributed by atoms with Crippen LogP contribution in [0.25, 0.3) is 0 Å². The van der Waals surface area contributed by atoms with Crippen LogP contribution in [-0.2, 0) is 9.47 Å². The molecule has 2 heterocycles. The molecule has 0 aromatic carbocycles. The summed E-state index contributed by atoms with van der Waals surface area (Å²) in [6.45, 7) is 4.45. The Labute approximate surface area is 78.3 Å². The van der Waals surface area contributed by atoms with Crippen molar-refractivity contribution >= 4 is 0 Å². The van der Waals surface area contributed by atoms with Crippen molar-refractivity contribution in [2.75, 3.05) is 6.61 Å². The highest BCUT2D eigenvalue weighted by molar-refractivity contribution is 4.95. The summed E-state index contributed by atoms with van der Waals surface area (Å²) in [5, 5.41) is 9.63. The Morgan fingerprint density at radius 1 is 1.38 bits per heavy atom. The molecule has 13 heavy (non-hydrogen) atoms. The molecule has 0 radical (unpaired) electrons. The lowest BCUT2D eigenvalue weighted by molar-refractivity contribution is -0.188. The summed E-state index contributed by atoms with van der Waals surface area (Å²) in [5.41, 5.74) is 0. The topological polar surface area (TPSA) is 38.7 Å². The molecule has 2 aliphatic heterocycles. The normalized spacial score (nSPS) is 45.3. The molecule has 74 valence electrons. The van der Waals surface area contributed by atoms with Crippen molar-refractivity contribution in [3.63, 3.8) is 0 Å². The van der Waals surface area contributed by atoms with Gasteiger partial charge in [-0.05, 0) is 12.8 Å². The molecular weight excluding hydrogens is 168 g/mol. The second kappa shape index (κ2) is 3.78. The van der Waals surface area contributed by atoms with Gasteiger partial charge in [0.2, 0.25) is 0 Å². The maximum Gasteiger partial charge on any atom is 0.102 e. The standard InChI is InChI=1S/C10H16O3/c1-2-8-7(11)6-10-9(13-8)4-3-5-12-10/h2,7-11H,1,3-6H2/t7-,8-,9-,10+/m0/s1. The molecule has 0 spiro atoms. The highest BCUT2D eigenvalue weighted by atomic mass is 16.6. The van der Waals surface area contributed by atoms with Gasteiger partial charge >= 0.3 is 0 Å². The maximum atomic E-state index is 9.63. The summed E-state index contributed by atoms with van der Waals surface area (Å²) < 4.78 is 11.2. The van der Waals surface area contributed by atoms with E-state index < -0.39 is 6.10 Å². The Kier molecular flexibility index (Phi) is 2.67. The van der Waals surface area contributed by atoms with E-state index in [1.807, 2.05) is 0 Å². The SMILES string of the molecule is C=C[C@@H]1O[C@H]2CCCO[C@@H]2C[C@@H]1O. The van der Waals surface area contributed by atoms with Gasteiger partial charge in [-0.1, -0.05) is 6.08 Å². The number of aliphatic hydroxyl groups is 1. The first kappa shape index (κ1) is 9.19. The minimum absolute atomic E-state index is 0.0972. The van der Waals surface area contributed by atoms with Crippen LogP contribution in [0.15, 0.2) is 12.7 Å². The Morgan fingerprint density at radius 3 is 3.00 bits per heavy atom. The summed E-state index contributed by atoms with van der Waals surface area (Å²) in [7, 11) is 0. The predicted octanol–water partition coefficient (Wildman–Crippen LogP) is 0.870. The molecule has 4 atom stereocenters. The molecule has 0 aliphatic carbocycles. The molecule has 0 unspecified atom stereocenters. The van der Waals surface area contributed by atoms with Gasteiger partial charge in [-0.15, -0.1) is 6.58 Å². The summed E-state index contributed by atoms with van der Waals surface area (Å²) in [5.74, 6) is 0. The molecule has 1 N–H and O–H groups in total. The van der Waals surface area contributed by atoms with Gasteiger partial charge in [0.05, 0.1) is 18.3 Å². The first-order valence-electron chi connectivity index (χ1n) is 4.89. The third-order valence-electron chi connectivity index (χ3n) is 2.80. The fourth-order valence-corrected chi connectivity index (χ4v) is 2.07. The van der Waals surface area contributed by atoms with Gasteiger partial charge in [0.25, 0.3) is 0 Å². The second-order valence-corrected chi connectivity index (χ2v) is 3.73. The molecule has 0 bridgehead atoms. The Hall–Kier alpha value is -0.380. The van der Waals surface area contributed by atoms with E-state index >= 15 is 0 Å². The average Bonchev–Trinajstić information content (AvgIpc) is 2.17. The van der Waals surface area contributed by atoms with Crippen molar-refractivity contribution in [2.45, 2.75) is 43.7 Å². The third kappa shape index (κ3) is 1.77. The van der Waals surface area contributed by atoms with E-state index in [-0.39, 0.29) is 18.3 Å². The summed E-state index contributed by atoms with van der Waals surface area (Å²) in [4.78, 5) is 0. The van der Waals surface area contributed by atoms with Gasteiger partial charge in [0, 0.05) is 13.0 Å². The zero-order chi connectivity index (χ0) is 9.26. The van der Waals surface area contributed by atoms with Gasteiger partial charge < -0.3 is 14.6 Å². The third-order valence-corrected chi connectivity index (χ3v) is 2.80. The number of hydrogen-bond acceptors (Lipinski definition) is 3. The number of hydrogen-bond donors (Lipinski definition) is 1. The largest absolute Gasteiger partial charge is 0.390 e. The van der Waals surface area contributed by atoms with E-state index in [0.717, 1.165) is 19.4 Å². The average molecular weight is 184 g/mol. The van der Waals surface area contributed by atoms with Gasteiger partial charge in [-0.3, -0.25) is 0 Å². The highest BCUT2D eigenvalue weighted by Crippen LogP contribution is 2.29. The lowest BCUT2D eigenvalue weighted by Gasteiger charge is -2.40. The first-order valence-corrected chi connectivity index (χ1v) is 4.89. The lowest BCUT2D eigenvalue weighted by atomic mass is 9.94. The van der Waals surface area contributed by atoms with Crippen LogP contribution in [0.2, 0.25) is 0 Å². The fraction of sp³-hybridized carbons (Fsp3) is 0.800. The van der Waals surface area contributed by atoms with E-state index in [4.69, 9.17) is 9.47 Å². The van der Waals surface area contributed by atoms with Crippen LogP contribution in [0.3, 0.4) is 0 Å². The molecule has 2 aliphatic rings. The van der Waals surface area contributed by atoms with Crippen LogP contribution >= 0.6 is 0 Å². The van der Waals surface area contributed by atoms with Crippen LogP contribution in [0.1, 0.15) is 19.3 Å². The molecule has 2 rings (SSSR count). The van der Waals surface area contributed by atoms with Crippen molar-refractivity contribution in [2.24, 2.45) is 0 Å². The Balaban J connectivity index is 2.00. The molecule has 0 aromatic heterocycles. The zero-order valence-corrected chi connectivity index (χ0v) is 7.69. The summed E-state index contributed by atoms with van der Waals surface area (Å²) in [6, 6.07) is 0. The minimum Gasteiger partial charge on any atom is -0.390 e. The quantitative estimate of drug-likeness (QED) is 0.614. The molecular formula is C10H16O3. The molecule has 0 amide bonds. The monoisotopic (exact) mass is 184 g/mol. The van der Waals surface area contributed by atoms with Gasteiger partial charge in [0.15, 0.2) is 0 Å². The Morgan fingerprint density at radius 2 is 2.23 bits per heavy atom. The maximum absolute atomic E-state index is 9.63. The van der Waals surface area contributed by atoms with E-state index in [1.165, 1.54) is 0 Å². The molecule has 0 saturated carbocycles. The van der Waals surface area contributed by atoms with Crippen molar-refractivity contribution in [3.05, 3.63) is 12.7 Å². The van der Waals surface area contributed by atoms with E-state index in [9.17, 15) is 5.11 Å². The van der Waals surface area contributed by atoms with Crippen molar-refractivity contribution in [3.8, 4) is 0 Å². The van der Waals surface area contributed by atoms with Gasteiger partial charge in [-0.25, -0.2) is 0 Å². The fourth-order valence-electron chi connectivity index (χ4n) is 2.07. The lowest BCUT2D eigenvalue weighted by Crippen LogP contribution is -2.49. The number of rotatable bonds is 1. The molecule has 2 saturated heterocycles. The number of aliphatic hydroxyl groups excluding tert-OH is 1. The summed E-state index contributed by atoms with van der Waals surface area (Å²) in [6.07, 6.45) is 4.07. The Bertz CT molecular complexity index is 193. The van der Waals surface area contributed by atoms with Crippen molar-refractivity contribution in [1.29, 1.82) is 0 Å². The van der Waals surface area contributed by atoms with E-state index in [0.29, 0.717) is 6.42 Å². The molecule has 3 heteroatoms. The molecule has 3 nitrogen and oxygen atoms in total. The molecule has 2 fully saturated rings. The first-order chi connectivity index (χ1) is 6.31. The number of ether oxygens (including phenoxy) is 2. The van der Waals surface area contributed by atoms with Gasteiger partial charge in [-0.2, -0.15) is 0 Å². The smallest absolute Gasteiger partial charge is 0.102 e. The van der Waals surface area contributed by atoms with Crippen molar-refractivity contribution < 1.29 is 14.6 Å². The van der Waals surface area contributed by atoms with E-state index in [1.54, 1.807) is 6.08 Å². The zero-order valence-electron chi connectivity index (χ0n) is 7.69. The van der Waals surface area contributed by atoms with Gasteiger partial charge in [0.1, 0.15) is 6.10 Å². The summed E-state index contributed by atoms with van der Waals surface area (Å²) >= 11 is 0. The predicted molar refractivity (Wildman–Crippen MR) is 48.5 cm³/mol. The minimum atomic E-state index is -0.447. The van der Waals surface area contributed by atoms with Crippen LogP contribution in [0, 0.1) is 0 Å². The van der Waals surface area contributed by atoms with Crippen molar-refractivity contribution in [1.82, 2.24) is 0 Å². The van der Waals surface area contributed by atoms with E-state index in [2.05, 4.69) is 6.58 Å². The number of fused-ring (bicyclic) bond motifs is 1. The highest BCUT2D eigenvalue weighted by Gasteiger charge is 2.37. The molecule has 0 aromatic rings.